The average molecular weight is 417 g/mol. The first-order valence-corrected chi connectivity index (χ1v) is 8.89. The summed E-state index contributed by atoms with van der Waals surface area (Å²) in [7, 11) is 0. The summed E-state index contributed by atoms with van der Waals surface area (Å²) >= 11 is 8.42. The van der Waals surface area contributed by atoms with Gasteiger partial charge in [0, 0.05) is 5.33 Å². The van der Waals surface area contributed by atoms with Crippen molar-refractivity contribution < 1.29 is 4.79 Å². The molecular formula is C15H15Br2NOS. The number of carbonyl (C=O) groups excluding carboxylic acids is 1. The fraction of sp³-hybridized carbons (Fsp3) is 0.267. The van der Waals surface area contributed by atoms with Crippen molar-refractivity contribution in [2.75, 3.05) is 5.33 Å². The van der Waals surface area contributed by atoms with E-state index in [1.165, 1.54) is 11.3 Å². The van der Waals surface area contributed by atoms with Crippen molar-refractivity contribution in [1.29, 1.82) is 0 Å². The molecule has 20 heavy (non-hydrogen) atoms. The van der Waals surface area contributed by atoms with Crippen LogP contribution in [0.3, 0.4) is 0 Å². The number of nitrogens with one attached hydrogen (secondary N) is 1. The average Bonchev–Trinajstić information content (AvgIpc) is 2.79. The highest BCUT2D eigenvalue weighted by atomic mass is 79.9. The number of hydrogen-bond acceptors (Lipinski definition) is 2. The number of aryl methyl sites for hydroxylation is 1. The van der Waals surface area contributed by atoms with Gasteiger partial charge in [0.1, 0.15) is 0 Å². The molecule has 0 saturated carbocycles. The van der Waals surface area contributed by atoms with Crippen molar-refractivity contribution in [3.8, 4) is 0 Å². The number of rotatable bonds is 4. The number of thiophene rings is 1. The molecule has 1 aromatic heterocycles. The fourth-order valence-corrected chi connectivity index (χ4v) is 3.77. The molecule has 2 nitrogen and oxygen atoms in total. The van der Waals surface area contributed by atoms with E-state index in [-0.39, 0.29) is 5.91 Å². The summed E-state index contributed by atoms with van der Waals surface area (Å²) in [5, 5.41) is 3.77. The summed E-state index contributed by atoms with van der Waals surface area (Å²) in [6, 6.07) is 11.9. The number of halogens is 2. The Morgan fingerprint density at radius 2 is 2.00 bits per heavy atom. The van der Waals surface area contributed by atoms with Crippen LogP contribution in [0.15, 0.2) is 40.2 Å². The van der Waals surface area contributed by atoms with E-state index in [0.29, 0.717) is 5.33 Å². The van der Waals surface area contributed by atoms with Crippen LogP contribution in [0.5, 0.6) is 0 Å². The molecule has 0 radical (unpaired) electrons. The summed E-state index contributed by atoms with van der Waals surface area (Å²) in [6.07, 6.45) is 0. The molecule has 1 atom stereocenters. The molecule has 0 bridgehead atoms. The minimum atomic E-state index is -0.428. The Morgan fingerprint density at radius 1 is 1.35 bits per heavy atom. The maximum atomic E-state index is 12.4. The number of alkyl halides is 1. The lowest BCUT2D eigenvalue weighted by Gasteiger charge is -2.29. The molecule has 0 aliphatic carbocycles. The Bertz CT molecular complexity index is 592. The smallest absolute Gasteiger partial charge is 0.262 e. The van der Waals surface area contributed by atoms with E-state index in [1.807, 2.05) is 50.2 Å². The Balaban J connectivity index is 2.24. The van der Waals surface area contributed by atoms with Gasteiger partial charge in [-0.2, -0.15) is 0 Å². The van der Waals surface area contributed by atoms with Gasteiger partial charge in [-0.05, 0) is 47.0 Å². The third-order valence-corrected chi connectivity index (χ3v) is 6.41. The minimum absolute atomic E-state index is 0.0467. The third kappa shape index (κ3) is 3.32. The molecule has 1 unspecified atom stereocenters. The van der Waals surface area contributed by atoms with Gasteiger partial charge in [0.2, 0.25) is 0 Å². The van der Waals surface area contributed by atoms with Crippen LogP contribution in [0.1, 0.15) is 27.7 Å². The van der Waals surface area contributed by atoms with Crippen molar-refractivity contribution in [3.63, 3.8) is 0 Å². The SMILES string of the molecule is Cc1cc(C(=O)NC(C)(CBr)c2ccccc2)sc1Br. The number of benzene rings is 1. The van der Waals surface area contributed by atoms with Gasteiger partial charge in [0.15, 0.2) is 0 Å². The lowest BCUT2D eigenvalue weighted by Crippen LogP contribution is -2.44. The van der Waals surface area contributed by atoms with Gasteiger partial charge < -0.3 is 5.32 Å². The molecule has 1 amide bonds. The fourth-order valence-electron chi connectivity index (χ4n) is 1.87. The second-order valence-corrected chi connectivity index (χ2v) is 7.78. The van der Waals surface area contributed by atoms with Gasteiger partial charge in [0.05, 0.1) is 14.2 Å². The van der Waals surface area contributed by atoms with E-state index < -0.39 is 5.54 Å². The van der Waals surface area contributed by atoms with Crippen LogP contribution in [0, 0.1) is 6.92 Å². The van der Waals surface area contributed by atoms with Crippen LogP contribution in [0.25, 0.3) is 0 Å². The zero-order valence-corrected chi connectivity index (χ0v) is 15.2. The topological polar surface area (TPSA) is 29.1 Å². The van der Waals surface area contributed by atoms with E-state index in [0.717, 1.165) is 19.8 Å². The van der Waals surface area contributed by atoms with Crippen LogP contribution in [-0.2, 0) is 5.54 Å². The highest BCUT2D eigenvalue weighted by Crippen LogP contribution is 2.29. The number of hydrogen-bond donors (Lipinski definition) is 1. The normalized spacial score (nSPS) is 13.8. The van der Waals surface area contributed by atoms with Crippen molar-refractivity contribution in [2.24, 2.45) is 0 Å². The summed E-state index contributed by atoms with van der Waals surface area (Å²) < 4.78 is 1.00. The van der Waals surface area contributed by atoms with Crippen molar-refractivity contribution in [3.05, 3.63) is 56.2 Å². The second-order valence-electron chi connectivity index (χ2n) is 4.85. The van der Waals surface area contributed by atoms with E-state index in [1.54, 1.807) is 0 Å². The van der Waals surface area contributed by atoms with Crippen molar-refractivity contribution >= 4 is 49.1 Å². The quantitative estimate of drug-likeness (QED) is 0.708. The summed E-state index contributed by atoms with van der Waals surface area (Å²) in [4.78, 5) is 13.1. The number of amides is 1. The standard InChI is InChI=1S/C15H15Br2NOS/c1-10-8-12(20-13(10)17)14(19)18-15(2,9-16)11-6-4-3-5-7-11/h3-8H,9H2,1-2H3,(H,18,19). The van der Waals surface area contributed by atoms with Gasteiger partial charge in [-0.1, -0.05) is 46.3 Å². The molecule has 106 valence electrons. The zero-order chi connectivity index (χ0) is 14.8. The first-order valence-electron chi connectivity index (χ1n) is 6.16. The van der Waals surface area contributed by atoms with E-state index in [4.69, 9.17) is 0 Å². The molecule has 0 fully saturated rings. The van der Waals surface area contributed by atoms with Crippen molar-refractivity contribution in [1.82, 2.24) is 5.32 Å². The first-order chi connectivity index (χ1) is 9.46. The molecule has 0 aliphatic heterocycles. The van der Waals surface area contributed by atoms with Gasteiger partial charge in [-0.3, -0.25) is 4.79 Å². The van der Waals surface area contributed by atoms with Gasteiger partial charge in [0.25, 0.3) is 5.91 Å². The lowest BCUT2D eigenvalue weighted by molar-refractivity contribution is 0.0918. The van der Waals surface area contributed by atoms with Crippen molar-refractivity contribution in [2.45, 2.75) is 19.4 Å². The Labute approximate surface area is 139 Å². The molecule has 1 N–H and O–H groups in total. The minimum Gasteiger partial charge on any atom is -0.341 e. The van der Waals surface area contributed by atoms with Crippen LogP contribution in [0.4, 0.5) is 0 Å². The largest absolute Gasteiger partial charge is 0.341 e. The second kappa shape index (κ2) is 6.41. The summed E-state index contributed by atoms with van der Waals surface area (Å²) in [5.41, 5.74) is 1.74. The number of carbonyl (C=O) groups is 1. The highest BCUT2D eigenvalue weighted by molar-refractivity contribution is 9.11. The molecule has 5 heteroatoms. The van der Waals surface area contributed by atoms with Crippen LogP contribution in [0.2, 0.25) is 0 Å². The van der Waals surface area contributed by atoms with Gasteiger partial charge in [-0.25, -0.2) is 0 Å². The lowest BCUT2D eigenvalue weighted by atomic mass is 9.94. The third-order valence-electron chi connectivity index (χ3n) is 3.15. The molecule has 1 aromatic carbocycles. The monoisotopic (exact) mass is 415 g/mol. The predicted octanol–water partition coefficient (Wildman–Crippen LogP) is 4.86. The van der Waals surface area contributed by atoms with Crippen LogP contribution >= 0.6 is 43.2 Å². The van der Waals surface area contributed by atoms with Crippen LogP contribution in [-0.4, -0.2) is 11.2 Å². The van der Waals surface area contributed by atoms with Gasteiger partial charge in [-0.15, -0.1) is 11.3 Å². The van der Waals surface area contributed by atoms with Gasteiger partial charge >= 0.3 is 0 Å². The summed E-state index contributed by atoms with van der Waals surface area (Å²) in [5.74, 6) is -0.0467. The molecule has 0 spiro atoms. The molecule has 1 heterocycles. The Kier molecular flexibility index (Phi) is 5.04. The molecule has 0 saturated heterocycles. The molecule has 2 aromatic rings. The van der Waals surface area contributed by atoms with E-state index in [2.05, 4.69) is 37.2 Å². The highest BCUT2D eigenvalue weighted by Gasteiger charge is 2.28. The molecule has 2 rings (SSSR count). The van der Waals surface area contributed by atoms with Crippen LogP contribution < -0.4 is 5.32 Å². The van der Waals surface area contributed by atoms with E-state index >= 15 is 0 Å². The molecular weight excluding hydrogens is 402 g/mol. The zero-order valence-electron chi connectivity index (χ0n) is 11.2. The maximum Gasteiger partial charge on any atom is 0.262 e. The predicted molar refractivity (Wildman–Crippen MR) is 91.8 cm³/mol. The molecule has 0 aliphatic rings. The first kappa shape index (κ1) is 15.7. The van der Waals surface area contributed by atoms with E-state index in [9.17, 15) is 4.79 Å². The Morgan fingerprint density at radius 3 is 2.50 bits per heavy atom. The summed E-state index contributed by atoms with van der Waals surface area (Å²) in [6.45, 7) is 4.00. The maximum absolute atomic E-state index is 12.4. The Hall–Kier alpha value is -0.650.